The average Bonchev–Trinajstić information content (AvgIpc) is 3.29. The molecule has 210 valence electrons. The molecule has 0 saturated carbocycles. The zero-order chi connectivity index (χ0) is 28.6. The number of hydrogen-bond donors (Lipinski definition) is 2. The van der Waals surface area contributed by atoms with E-state index in [2.05, 4.69) is 32.7 Å². The van der Waals surface area contributed by atoms with E-state index >= 15 is 0 Å². The van der Waals surface area contributed by atoms with E-state index in [0.29, 0.717) is 35.0 Å². The summed E-state index contributed by atoms with van der Waals surface area (Å²) in [6.45, 7) is 2.37. The summed E-state index contributed by atoms with van der Waals surface area (Å²) in [4.78, 5) is 31.2. The first-order chi connectivity index (χ1) is 19.4. The molecule has 2 unspecified atom stereocenters. The molecule has 1 aliphatic heterocycles. The fourth-order valence-electron chi connectivity index (χ4n) is 4.64. The molecular formula is C31H36N4O5. The largest absolute Gasteiger partial charge is 0.493 e. The van der Waals surface area contributed by atoms with Gasteiger partial charge in [-0.3, -0.25) is 14.6 Å². The SMILES string of the molecule is CNC(C)C(=O)Nc1cc(COC)cc(COc2cc(N=CC3Cc4ccccc4N3C)c(C=O)cc2OC)c1. The standard InChI is InChI=1S/C31H36N4O5/c1-20(32-2)31(37)34-25-11-21(18-38-4)10-22(12-25)19-40-30-15-27(24(17-36)14-29(30)39-5)33-16-26-13-23-8-6-7-9-28(23)35(26)3/h6-12,14-17,20,26,32H,13,18-19H2,1-5H3,(H,34,37). The monoisotopic (exact) mass is 544 g/mol. The number of nitrogens with zero attached hydrogens (tertiary/aromatic N) is 2. The van der Waals surface area contributed by atoms with Crippen molar-refractivity contribution in [3.05, 3.63) is 76.9 Å². The summed E-state index contributed by atoms with van der Waals surface area (Å²) in [5.74, 6) is 0.735. The lowest BCUT2D eigenvalue weighted by molar-refractivity contribution is -0.117. The summed E-state index contributed by atoms with van der Waals surface area (Å²) in [5, 5.41) is 5.87. The van der Waals surface area contributed by atoms with E-state index in [-0.39, 0.29) is 24.6 Å². The number of amides is 1. The number of carbonyl (C=O) groups is 2. The summed E-state index contributed by atoms with van der Waals surface area (Å²) in [6.07, 6.45) is 3.48. The summed E-state index contributed by atoms with van der Waals surface area (Å²) in [6, 6.07) is 17.1. The van der Waals surface area contributed by atoms with Crippen molar-refractivity contribution in [2.45, 2.75) is 38.6 Å². The van der Waals surface area contributed by atoms with Gasteiger partial charge in [-0.15, -0.1) is 0 Å². The molecule has 0 radical (unpaired) electrons. The lowest BCUT2D eigenvalue weighted by Gasteiger charge is -2.19. The van der Waals surface area contributed by atoms with E-state index in [9.17, 15) is 9.59 Å². The van der Waals surface area contributed by atoms with Crippen LogP contribution in [0.1, 0.15) is 34.0 Å². The Labute approximate surface area is 235 Å². The molecule has 2 N–H and O–H groups in total. The van der Waals surface area contributed by atoms with E-state index in [4.69, 9.17) is 14.2 Å². The van der Waals surface area contributed by atoms with Gasteiger partial charge >= 0.3 is 0 Å². The molecule has 0 aromatic heterocycles. The van der Waals surface area contributed by atoms with Crippen LogP contribution in [-0.4, -0.2) is 58.8 Å². The number of carbonyl (C=O) groups excluding carboxylic acids is 2. The van der Waals surface area contributed by atoms with Gasteiger partial charge in [-0.25, -0.2) is 0 Å². The Balaban J connectivity index is 1.56. The number of benzene rings is 3. The van der Waals surface area contributed by atoms with Crippen LogP contribution in [-0.2, 0) is 29.2 Å². The van der Waals surface area contributed by atoms with Gasteiger partial charge in [0.2, 0.25) is 5.91 Å². The number of ether oxygens (including phenoxy) is 3. The fraction of sp³-hybridized carbons (Fsp3) is 0.323. The molecule has 1 heterocycles. The fourth-order valence-corrected chi connectivity index (χ4v) is 4.64. The van der Waals surface area contributed by atoms with Crippen LogP contribution in [0.5, 0.6) is 11.5 Å². The number of aliphatic imine (C=N–C) groups is 1. The molecule has 0 saturated heterocycles. The number of likely N-dealkylation sites (N-methyl/N-ethyl adjacent to an activating group) is 2. The Hall–Kier alpha value is -4.21. The van der Waals surface area contributed by atoms with E-state index in [1.165, 1.54) is 18.4 Å². The van der Waals surface area contributed by atoms with Crippen molar-refractivity contribution >= 4 is 35.5 Å². The molecule has 3 aromatic rings. The smallest absolute Gasteiger partial charge is 0.241 e. The first-order valence-electron chi connectivity index (χ1n) is 13.1. The molecule has 1 amide bonds. The van der Waals surface area contributed by atoms with Crippen molar-refractivity contribution in [3.8, 4) is 11.5 Å². The highest BCUT2D eigenvalue weighted by Crippen LogP contribution is 2.36. The molecule has 40 heavy (non-hydrogen) atoms. The molecule has 9 nitrogen and oxygen atoms in total. The van der Waals surface area contributed by atoms with Gasteiger partial charge in [0, 0.05) is 43.4 Å². The van der Waals surface area contributed by atoms with Crippen LogP contribution in [0.2, 0.25) is 0 Å². The molecule has 0 spiro atoms. The van der Waals surface area contributed by atoms with Crippen molar-refractivity contribution < 1.29 is 23.8 Å². The van der Waals surface area contributed by atoms with Crippen LogP contribution in [0.25, 0.3) is 0 Å². The van der Waals surface area contributed by atoms with Gasteiger partial charge in [0.1, 0.15) is 6.61 Å². The third-order valence-corrected chi connectivity index (χ3v) is 6.98. The Morgan fingerprint density at radius 3 is 2.52 bits per heavy atom. The maximum atomic E-state index is 12.4. The van der Waals surface area contributed by atoms with Crippen LogP contribution in [0.4, 0.5) is 17.1 Å². The third-order valence-electron chi connectivity index (χ3n) is 6.98. The summed E-state index contributed by atoms with van der Waals surface area (Å²) >= 11 is 0. The molecule has 3 aromatic carbocycles. The van der Waals surface area contributed by atoms with E-state index in [1.54, 1.807) is 33.2 Å². The van der Waals surface area contributed by atoms with Crippen molar-refractivity contribution in [2.75, 3.05) is 38.5 Å². The minimum absolute atomic E-state index is 0.0751. The van der Waals surface area contributed by atoms with Crippen LogP contribution in [0.15, 0.2) is 59.6 Å². The van der Waals surface area contributed by atoms with Gasteiger partial charge < -0.3 is 29.7 Å². The zero-order valence-electron chi connectivity index (χ0n) is 23.6. The molecule has 0 fully saturated rings. The van der Waals surface area contributed by atoms with Crippen molar-refractivity contribution in [1.82, 2.24) is 5.32 Å². The summed E-state index contributed by atoms with van der Waals surface area (Å²) in [7, 11) is 6.92. The molecule has 2 atom stereocenters. The van der Waals surface area contributed by atoms with Gasteiger partial charge in [0.05, 0.1) is 31.5 Å². The minimum Gasteiger partial charge on any atom is -0.493 e. The number of hydrogen-bond acceptors (Lipinski definition) is 8. The first-order valence-corrected chi connectivity index (χ1v) is 13.1. The molecule has 9 heteroatoms. The Kier molecular flexibility index (Phi) is 9.52. The number of aldehydes is 1. The van der Waals surface area contributed by atoms with Crippen LogP contribution in [0.3, 0.4) is 0 Å². The van der Waals surface area contributed by atoms with Crippen molar-refractivity contribution in [1.29, 1.82) is 0 Å². The number of methoxy groups -OCH3 is 2. The quantitative estimate of drug-likeness (QED) is 0.255. The number of nitrogens with one attached hydrogen (secondary N) is 2. The maximum absolute atomic E-state index is 12.4. The molecule has 4 rings (SSSR count). The topological polar surface area (TPSA) is 101 Å². The predicted octanol–water partition coefficient (Wildman–Crippen LogP) is 4.54. The van der Waals surface area contributed by atoms with E-state index < -0.39 is 0 Å². The Morgan fingerprint density at radius 2 is 1.85 bits per heavy atom. The number of rotatable bonds is 12. The normalized spacial score (nSPS) is 15.1. The highest BCUT2D eigenvalue weighted by Gasteiger charge is 2.24. The average molecular weight is 545 g/mol. The molecule has 1 aliphatic rings. The molecule has 0 bridgehead atoms. The summed E-state index contributed by atoms with van der Waals surface area (Å²) < 4.78 is 17.0. The lowest BCUT2D eigenvalue weighted by atomic mass is 10.1. The second-order valence-electron chi connectivity index (χ2n) is 9.73. The zero-order valence-corrected chi connectivity index (χ0v) is 23.6. The van der Waals surface area contributed by atoms with Gasteiger partial charge in [-0.1, -0.05) is 18.2 Å². The van der Waals surface area contributed by atoms with Crippen LogP contribution >= 0.6 is 0 Å². The minimum atomic E-state index is -0.344. The molecular weight excluding hydrogens is 508 g/mol. The highest BCUT2D eigenvalue weighted by molar-refractivity contribution is 5.94. The van der Waals surface area contributed by atoms with Gasteiger partial charge in [-0.05, 0) is 67.4 Å². The third kappa shape index (κ3) is 6.67. The van der Waals surface area contributed by atoms with E-state index in [0.717, 1.165) is 23.8 Å². The van der Waals surface area contributed by atoms with Crippen molar-refractivity contribution in [2.24, 2.45) is 4.99 Å². The maximum Gasteiger partial charge on any atom is 0.241 e. The van der Waals surface area contributed by atoms with Gasteiger partial charge in [-0.2, -0.15) is 0 Å². The second-order valence-corrected chi connectivity index (χ2v) is 9.73. The van der Waals surface area contributed by atoms with Crippen LogP contribution < -0.4 is 25.0 Å². The second kappa shape index (κ2) is 13.2. The van der Waals surface area contributed by atoms with E-state index in [1.807, 2.05) is 43.6 Å². The van der Waals surface area contributed by atoms with Gasteiger partial charge in [0.15, 0.2) is 17.8 Å². The predicted molar refractivity (Wildman–Crippen MR) is 158 cm³/mol. The Morgan fingerprint density at radius 1 is 1.10 bits per heavy atom. The number of para-hydroxylation sites is 1. The van der Waals surface area contributed by atoms with Crippen LogP contribution in [0, 0.1) is 0 Å². The number of fused-ring (bicyclic) bond motifs is 1. The molecule has 0 aliphatic carbocycles. The van der Waals surface area contributed by atoms with Crippen molar-refractivity contribution in [3.63, 3.8) is 0 Å². The first kappa shape index (κ1) is 28.8. The van der Waals surface area contributed by atoms with Gasteiger partial charge in [0.25, 0.3) is 0 Å². The Bertz CT molecular complexity index is 1390. The highest BCUT2D eigenvalue weighted by atomic mass is 16.5. The summed E-state index contributed by atoms with van der Waals surface area (Å²) in [5.41, 5.74) is 5.73. The lowest BCUT2D eigenvalue weighted by Crippen LogP contribution is -2.35. The number of anilines is 2.